The molecule has 4 rings (SSSR count). The van der Waals surface area contributed by atoms with E-state index in [4.69, 9.17) is 15.2 Å². The highest BCUT2D eigenvalue weighted by Gasteiger charge is 2.20. The van der Waals surface area contributed by atoms with Gasteiger partial charge in [0, 0.05) is 18.0 Å². The molecule has 0 aliphatic rings. The molecule has 0 bridgehead atoms. The number of pyridine rings is 1. The van der Waals surface area contributed by atoms with Crippen LogP contribution in [0.15, 0.2) is 60.0 Å². The molecule has 0 atom stereocenters. The van der Waals surface area contributed by atoms with Crippen LogP contribution < -0.4 is 21.1 Å². The zero-order valence-electron chi connectivity index (χ0n) is 20.7. The number of nitrogens with one attached hydrogen (secondary N) is 2. The third-order valence-corrected chi connectivity index (χ3v) is 4.97. The average Bonchev–Trinajstić information content (AvgIpc) is 2.82. The van der Waals surface area contributed by atoms with Gasteiger partial charge in [-0.1, -0.05) is 0 Å². The van der Waals surface area contributed by atoms with Crippen LogP contribution in [0.25, 0.3) is 10.9 Å². The van der Waals surface area contributed by atoms with Gasteiger partial charge in [0.25, 0.3) is 0 Å². The Hall–Kier alpha value is -4.80. The van der Waals surface area contributed by atoms with Gasteiger partial charge in [-0.3, -0.25) is 5.32 Å². The molecule has 2 aromatic heterocycles. The van der Waals surface area contributed by atoms with Crippen molar-refractivity contribution in [2.24, 2.45) is 10.7 Å². The van der Waals surface area contributed by atoms with E-state index in [0.29, 0.717) is 28.5 Å². The first-order valence-corrected chi connectivity index (χ1v) is 11.3. The molecule has 2 heterocycles. The summed E-state index contributed by atoms with van der Waals surface area (Å²) >= 11 is 0. The minimum atomic E-state index is -0.764. The van der Waals surface area contributed by atoms with Gasteiger partial charge in [-0.15, -0.1) is 0 Å². The van der Waals surface area contributed by atoms with Gasteiger partial charge in [-0.05, 0) is 69.7 Å². The number of rotatable bonds is 6. The fourth-order valence-electron chi connectivity index (χ4n) is 3.43. The summed E-state index contributed by atoms with van der Waals surface area (Å²) < 4.78 is 26.7. The first kappa shape index (κ1) is 25.3. The maximum Gasteiger partial charge on any atom is 0.412 e. The van der Waals surface area contributed by atoms with Gasteiger partial charge < -0.3 is 20.5 Å². The van der Waals surface area contributed by atoms with Crippen molar-refractivity contribution in [3.05, 3.63) is 66.4 Å². The van der Waals surface area contributed by atoms with Crippen molar-refractivity contribution in [1.29, 1.82) is 0 Å². The highest BCUT2D eigenvalue weighted by Crippen LogP contribution is 2.33. The quantitative estimate of drug-likeness (QED) is 0.216. The van der Waals surface area contributed by atoms with Crippen LogP contribution in [0.1, 0.15) is 26.3 Å². The number of hydrogen-bond donors (Lipinski definition) is 3. The average molecular weight is 504 g/mol. The van der Waals surface area contributed by atoms with Crippen LogP contribution in [0, 0.1) is 12.7 Å². The molecular weight excluding hydrogens is 477 g/mol. The Morgan fingerprint density at radius 2 is 1.92 bits per heavy atom. The summed E-state index contributed by atoms with van der Waals surface area (Å²) in [6.07, 6.45) is 3.30. The molecular formula is C26H26FN7O3. The lowest BCUT2D eigenvalue weighted by molar-refractivity contribution is 0.0635. The molecule has 4 N–H and O–H groups in total. The third kappa shape index (κ3) is 6.26. The number of hydrogen-bond acceptors (Lipinski definition) is 8. The van der Waals surface area contributed by atoms with Crippen LogP contribution in [0.3, 0.4) is 0 Å². The Kier molecular flexibility index (Phi) is 7.14. The largest absolute Gasteiger partial charge is 0.457 e. The Morgan fingerprint density at radius 1 is 1.11 bits per heavy atom. The van der Waals surface area contributed by atoms with Gasteiger partial charge >= 0.3 is 6.09 Å². The van der Waals surface area contributed by atoms with Gasteiger partial charge in [0.15, 0.2) is 11.6 Å². The first-order chi connectivity index (χ1) is 17.6. The summed E-state index contributed by atoms with van der Waals surface area (Å²) in [7, 11) is 0. The van der Waals surface area contributed by atoms with E-state index >= 15 is 4.39 Å². The number of carbonyl (C=O) groups is 1. The molecule has 0 unspecified atom stereocenters. The number of carbonyl (C=O) groups excluding carboxylic acids is 1. The Morgan fingerprint density at radius 3 is 2.65 bits per heavy atom. The predicted molar refractivity (Wildman–Crippen MR) is 140 cm³/mol. The van der Waals surface area contributed by atoms with E-state index in [9.17, 15) is 4.79 Å². The summed E-state index contributed by atoms with van der Waals surface area (Å²) in [4.78, 5) is 28.6. The molecule has 190 valence electrons. The molecule has 2 aromatic carbocycles. The number of ether oxygens (including phenoxy) is 2. The molecule has 11 heteroatoms. The Bertz CT molecular complexity index is 1490. The molecule has 0 radical (unpaired) electrons. The van der Waals surface area contributed by atoms with Crippen molar-refractivity contribution in [3.8, 4) is 11.5 Å². The van der Waals surface area contributed by atoms with Gasteiger partial charge in [0.1, 0.15) is 29.2 Å². The smallest absolute Gasteiger partial charge is 0.412 e. The van der Waals surface area contributed by atoms with Crippen molar-refractivity contribution in [2.45, 2.75) is 33.3 Å². The zero-order valence-corrected chi connectivity index (χ0v) is 20.7. The Labute approximate surface area is 212 Å². The monoisotopic (exact) mass is 503 g/mol. The summed E-state index contributed by atoms with van der Waals surface area (Å²) in [6.45, 7) is 7.05. The standard InChI is InChI=1S/C26H26FN7O3/c1-15-11-16(5-8-20(15)36-17-9-10-29-21(12-17)30-13-28)33-24-22-18(31-14-32-24)6-7-19(23(22)27)34-25(35)37-26(2,3)4/h5-14H,1-4H3,(H,34,35)(H2,28,29,30)(H,31,32,33). The summed E-state index contributed by atoms with van der Waals surface area (Å²) in [5.41, 5.74) is 6.40. The lowest BCUT2D eigenvalue weighted by Gasteiger charge is -2.20. The molecule has 0 saturated heterocycles. The number of fused-ring (bicyclic) bond motifs is 1. The van der Waals surface area contributed by atoms with Crippen molar-refractivity contribution in [1.82, 2.24) is 15.0 Å². The summed E-state index contributed by atoms with van der Waals surface area (Å²) in [5.74, 6) is 1.14. The van der Waals surface area contributed by atoms with Crippen molar-refractivity contribution < 1.29 is 18.7 Å². The van der Waals surface area contributed by atoms with E-state index in [-0.39, 0.29) is 16.9 Å². The van der Waals surface area contributed by atoms with Crippen LogP contribution >= 0.6 is 0 Å². The molecule has 4 aromatic rings. The second-order valence-electron chi connectivity index (χ2n) is 9.01. The van der Waals surface area contributed by atoms with E-state index in [1.165, 1.54) is 12.4 Å². The van der Waals surface area contributed by atoms with Gasteiger partial charge in [-0.2, -0.15) is 0 Å². The fraction of sp³-hybridized carbons (Fsp3) is 0.192. The van der Waals surface area contributed by atoms with Gasteiger partial charge in [-0.25, -0.2) is 29.1 Å². The lowest BCUT2D eigenvalue weighted by Crippen LogP contribution is -2.27. The molecule has 1 amide bonds. The maximum absolute atomic E-state index is 15.5. The number of halogens is 1. The van der Waals surface area contributed by atoms with E-state index < -0.39 is 17.5 Å². The highest BCUT2D eigenvalue weighted by molar-refractivity contribution is 5.96. The molecule has 0 aliphatic carbocycles. The van der Waals surface area contributed by atoms with Gasteiger partial charge in [0.2, 0.25) is 0 Å². The second kappa shape index (κ2) is 10.4. The lowest BCUT2D eigenvalue weighted by atomic mass is 10.1. The molecule has 10 nitrogen and oxygen atoms in total. The number of benzene rings is 2. The first-order valence-electron chi connectivity index (χ1n) is 11.3. The third-order valence-electron chi connectivity index (χ3n) is 4.97. The number of nitrogens with two attached hydrogens (primary N) is 1. The van der Waals surface area contributed by atoms with Crippen molar-refractivity contribution in [3.63, 3.8) is 0 Å². The molecule has 37 heavy (non-hydrogen) atoms. The highest BCUT2D eigenvalue weighted by atomic mass is 19.1. The predicted octanol–water partition coefficient (Wildman–Crippen LogP) is 5.97. The van der Waals surface area contributed by atoms with Crippen LogP contribution in [0.4, 0.5) is 32.2 Å². The van der Waals surface area contributed by atoms with Crippen LogP contribution in [0.2, 0.25) is 0 Å². The molecule has 0 fully saturated rings. The van der Waals surface area contributed by atoms with Crippen LogP contribution in [0.5, 0.6) is 11.5 Å². The number of anilines is 3. The maximum atomic E-state index is 15.5. The Balaban J connectivity index is 1.58. The van der Waals surface area contributed by atoms with Crippen LogP contribution in [-0.4, -0.2) is 33.0 Å². The number of amides is 1. The molecule has 0 saturated carbocycles. The van der Waals surface area contributed by atoms with E-state index in [1.807, 2.05) is 13.0 Å². The van der Waals surface area contributed by atoms with Crippen LogP contribution in [-0.2, 0) is 4.74 Å². The molecule has 0 aliphatic heterocycles. The fourth-order valence-corrected chi connectivity index (χ4v) is 3.43. The zero-order chi connectivity index (χ0) is 26.6. The normalized spacial score (nSPS) is 11.5. The number of nitrogens with zero attached hydrogens (tertiary/aromatic N) is 4. The number of aryl methyl sites for hydroxylation is 1. The van der Waals surface area contributed by atoms with E-state index in [1.54, 1.807) is 57.3 Å². The van der Waals surface area contributed by atoms with E-state index in [2.05, 4.69) is 30.6 Å². The summed E-state index contributed by atoms with van der Waals surface area (Å²) in [5, 5.41) is 5.70. The van der Waals surface area contributed by atoms with Crippen molar-refractivity contribution >= 4 is 46.3 Å². The topological polar surface area (TPSA) is 137 Å². The van der Waals surface area contributed by atoms with E-state index in [0.717, 1.165) is 11.9 Å². The SMILES string of the molecule is Cc1cc(Nc2ncnc3ccc(NC(=O)OC(C)(C)C)c(F)c23)ccc1Oc1ccnc(N=CN)c1. The minimum Gasteiger partial charge on any atom is -0.457 e. The molecule has 0 spiro atoms. The minimum absolute atomic E-state index is 0.0461. The summed E-state index contributed by atoms with van der Waals surface area (Å²) in [6, 6.07) is 11.8. The number of aliphatic imine (C=N–C) groups is 1. The van der Waals surface area contributed by atoms with Crippen molar-refractivity contribution in [2.75, 3.05) is 10.6 Å². The second-order valence-corrected chi connectivity index (χ2v) is 9.01. The van der Waals surface area contributed by atoms with Gasteiger partial charge in [0.05, 0.1) is 22.9 Å². The number of aromatic nitrogens is 3.